The van der Waals surface area contributed by atoms with Gasteiger partial charge in [0.2, 0.25) is 0 Å². The molecule has 2 aromatic rings. The molecule has 0 aliphatic heterocycles. The number of hydrogen-bond donors (Lipinski definition) is 0. The van der Waals surface area contributed by atoms with Gasteiger partial charge in [0.15, 0.2) is 0 Å². The van der Waals surface area contributed by atoms with Crippen molar-refractivity contribution >= 4 is 29.3 Å². The molecule has 2 aromatic carbocycles. The van der Waals surface area contributed by atoms with Gasteiger partial charge in [0, 0.05) is 51.4 Å². The number of allylic oxidation sites excluding steroid dienone is 2. The molecule has 0 radical (unpaired) electrons. The Morgan fingerprint density at radius 3 is 1.41 bits per heavy atom. The van der Waals surface area contributed by atoms with Gasteiger partial charge in [-0.3, -0.25) is 4.79 Å². The van der Waals surface area contributed by atoms with E-state index in [0.29, 0.717) is 5.78 Å². The van der Waals surface area contributed by atoms with Crippen LogP contribution in [0.1, 0.15) is 30.4 Å². The first-order valence-electron chi connectivity index (χ1n) is 10.4. The number of carbonyl (C=O) groups is 1. The number of carbonyl (C=O) groups excluding carboxylic acids is 1. The monoisotopic (exact) mass is 388 g/mol. The van der Waals surface area contributed by atoms with Gasteiger partial charge in [-0.05, 0) is 48.2 Å². The summed E-state index contributed by atoms with van der Waals surface area (Å²) in [6.07, 6.45) is 11.4. The Kier molecular flexibility index (Phi) is 6.92. The molecule has 2 unspecified atom stereocenters. The minimum absolute atomic E-state index is 0.0167. The molecule has 0 N–H and O–H groups in total. The van der Waals surface area contributed by atoms with Crippen LogP contribution in [-0.4, -0.2) is 34.0 Å². The predicted octanol–water partition coefficient (Wildman–Crippen LogP) is 5.53. The first-order chi connectivity index (χ1) is 13.9. The smallest absolute Gasteiger partial charge is 0.146 e. The Morgan fingerprint density at radius 2 is 1.07 bits per heavy atom. The maximum Gasteiger partial charge on any atom is 0.146 e. The fourth-order valence-corrected chi connectivity index (χ4v) is 3.72. The highest BCUT2D eigenvalue weighted by Crippen LogP contribution is 2.29. The molecule has 0 heterocycles. The van der Waals surface area contributed by atoms with Crippen LogP contribution in [0.5, 0.6) is 0 Å². The number of hydrogen-bond acceptors (Lipinski definition) is 3. The van der Waals surface area contributed by atoms with Gasteiger partial charge in [-0.15, -0.1) is 0 Å². The minimum Gasteiger partial charge on any atom is -0.378 e. The zero-order chi connectivity index (χ0) is 20.8. The van der Waals surface area contributed by atoms with Crippen LogP contribution in [0.2, 0.25) is 0 Å². The van der Waals surface area contributed by atoms with Crippen LogP contribution >= 0.6 is 0 Å². The number of benzene rings is 2. The standard InChI is InChI=1S/C26H32N2O/c1-27(2)24-16-10-20(11-17-24)8-14-22-6-5-7-23(26(22)29)15-9-21-12-18-25(19-13-21)28(3)4/h8-19,22-23H,5-7H2,1-4H3. The van der Waals surface area contributed by atoms with Gasteiger partial charge in [0.05, 0.1) is 0 Å². The van der Waals surface area contributed by atoms with Crippen LogP contribution in [-0.2, 0) is 4.79 Å². The van der Waals surface area contributed by atoms with Crippen molar-refractivity contribution in [2.45, 2.75) is 19.3 Å². The topological polar surface area (TPSA) is 23.6 Å². The molecular formula is C26H32N2O. The van der Waals surface area contributed by atoms with Gasteiger partial charge in [-0.2, -0.15) is 0 Å². The molecule has 0 spiro atoms. The third-order valence-corrected chi connectivity index (χ3v) is 5.62. The first kappa shape index (κ1) is 20.9. The lowest BCUT2D eigenvalue weighted by molar-refractivity contribution is -0.125. The molecule has 3 nitrogen and oxygen atoms in total. The van der Waals surface area contributed by atoms with Crippen LogP contribution in [0.15, 0.2) is 60.7 Å². The molecule has 2 atom stereocenters. The van der Waals surface area contributed by atoms with E-state index in [4.69, 9.17) is 0 Å². The van der Waals surface area contributed by atoms with Crippen molar-refractivity contribution in [3.05, 3.63) is 71.8 Å². The van der Waals surface area contributed by atoms with E-state index in [1.165, 1.54) is 11.4 Å². The number of nitrogens with zero attached hydrogens (tertiary/aromatic N) is 2. The molecule has 152 valence electrons. The fourth-order valence-electron chi connectivity index (χ4n) is 3.72. The van der Waals surface area contributed by atoms with Gasteiger partial charge in [0.1, 0.15) is 5.78 Å². The first-order valence-corrected chi connectivity index (χ1v) is 10.4. The van der Waals surface area contributed by atoms with Crippen LogP contribution in [0.3, 0.4) is 0 Å². The Morgan fingerprint density at radius 1 is 0.690 bits per heavy atom. The normalized spacial score (nSPS) is 19.8. The van der Waals surface area contributed by atoms with E-state index in [1.54, 1.807) is 0 Å². The van der Waals surface area contributed by atoms with Crippen molar-refractivity contribution in [3.8, 4) is 0 Å². The number of anilines is 2. The largest absolute Gasteiger partial charge is 0.378 e. The molecule has 1 aliphatic carbocycles. The predicted molar refractivity (Wildman–Crippen MR) is 125 cm³/mol. The summed E-state index contributed by atoms with van der Waals surface area (Å²) in [6, 6.07) is 16.8. The highest BCUT2D eigenvalue weighted by molar-refractivity contribution is 5.88. The third kappa shape index (κ3) is 5.60. The molecule has 3 rings (SSSR count). The summed E-state index contributed by atoms with van der Waals surface area (Å²) in [4.78, 5) is 17.1. The molecule has 0 bridgehead atoms. The summed E-state index contributed by atoms with van der Waals surface area (Å²) in [7, 11) is 8.15. The van der Waals surface area contributed by atoms with E-state index >= 15 is 0 Å². The average molecular weight is 389 g/mol. The van der Waals surface area contributed by atoms with Crippen molar-refractivity contribution in [3.63, 3.8) is 0 Å². The molecule has 0 aromatic heterocycles. The van der Waals surface area contributed by atoms with E-state index in [1.807, 2.05) is 28.2 Å². The fraction of sp³-hybridized carbons (Fsp3) is 0.346. The molecule has 1 fully saturated rings. The Hall–Kier alpha value is -2.81. The lowest BCUT2D eigenvalue weighted by Crippen LogP contribution is -2.25. The number of Topliss-reactive ketones (excluding diaryl/α,β-unsaturated/α-hetero) is 1. The highest BCUT2D eigenvalue weighted by Gasteiger charge is 2.27. The van der Waals surface area contributed by atoms with Crippen LogP contribution < -0.4 is 9.80 Å². The molecule has 1 aliphatic rings. The van der Waals surface area contributed by atoms with Crippen molar-refractivity contribution in [2.24, 2.45) is 11.8 Å². The molecule has 0 amide bonds. The minimum atomic E-state index is 0.0167. The van der Waals surface area contributed by atoms with Gasteiger partial charge < -0.3 is 9.80 Å². The number of rotatable bonds is 6. The Labute approximate surface area is 175 Å². The van der Waals surface area contributed by atoms with Crippen LogP contribution in [0, 0.1) is 11.8 Å². The molecular weight excluding hydrogens is 356 g/mol. The summed E-state index contributed by atoms with van der Waals surface area (Å²) >= 11 is 0. The van der Waals surface area contributed by atoms with E-state index in [9.17, 15) is 4.79 Å². The lowest BCUT2D eigenvalue weighted by atomic mass is 9.79. The summed E-state index contributed by atoms with van der Waals surface area (Å²) in [5.41, 5.74) is 4.64. The second-order valence-corrected chi connectivity index (χ2v) is 8.24. The highest BCUT2D eigenvalue weighted by atomic mass is 16.1. The van der Waals surface area contributed by atoms with Gasteiger partial charge in [-0.1, -0.05) is 55.0 Å². The van der Waals surface area contributed by atoms with E-state index in [2.05, 4.69) is 82.6 Å². The maximum atomic E-state index is 12.9. The Balaban J connectivity index is 1.63. The number of ketones is 1. The van der Waals surface area contributed by atoms with Crippen molar-refractivity contribution in [2.75, 3.05) is 38.0 Å². The quantitative estimate of drug-likeness (QED) is 0.650. The molecule has 0 saturated heterocycles. The van der Waals surface area contributed by atoms with E-state index in [-0.39, 0.29) is 11.8 Å². The lowest BCUT2D eigenvalue weighted by Gasteiger charge is -2.23. The van der Waals surface area contributed by atoms with Crippen molar-refractivity contribution < 1.29 is 4.79 Å². The second-order valence-electron chi connectivity index (χ2n) is 8.24. The summed E-state index contributed by atoms with van der Waals surface area (Å²) in [5.74, 6) is 0.379. The summed E-state index contributed by atoms with van der Waals surface area (Å²) in [6.45, 7) is 0. The maximum absolute atomic E-state index is 12.9. The van der Waals surface area contributed by atoms with Crippen molar-refractivity contribution in [1.82, 2.24) is 0 Å². The summed E-state index contributed by atoms with van der Waals surface area (Å²) < 4.78 is 0. The second kappa shape index (κ2) is 9.60. The summed E-state index contributed by atoms with van der Waals surface area (Å²) in [5, 5.41) is 0. The van der Waals surface area contributed by atoms with Crippen LogP contribution in [0.4, 0.5) is 11.4 Å². The zero-order valence-corrected chi connectivity index (χ0v) is 18.0. The molecule has 3 heteroatoms. The van der Waals surface area contributed by atoms with E-state index < -0.39 is 0 Å². The Bertz CT molecular complexity index is 789. The third-order valence-electron chi connectivity index (χ3n) is 5.62. The van der Waals surface area contributed by atoms with E-state index in [0.717, 1.165) is 30.4 Å². The zero-order valence-electron chi connectivity index (χ0n) is 18.0. The van der Waals surface area contributed by atoms with Gasteiger partial charge in [-0.25, -0.2) is 0 Å². The van der Waals surface area contributed by atoms with Crippen molar-refractivity contribution in [1.29, 1.82) is 0 Å². The molecule has 29 heavy (non-hydrogen) atoms. The SMILES string of the molecule is CN(C)c1ccc(C=CC2CCCC(C=Cc3ccc(N(C)C)cc3)C2=O)cc1. The van der Waals surface area contributed by atoms with Gasteiger partial charge in [0.25, 0.3) is 0 Å². The van der Waals surface area contributed by atoms with Gasteiger partial charge >= 0.3 is 0 Å². The van der Waals surface area contributed by atoms with Crippen LogP contribution in [0.25, 0.3) is 12.2 Å². The average Bonchev–Trinajstić information content (AvgIpc) is 2.72. The molecule has 1 saturated carbocycles.